The van der Waals surface area contributed by atoms with Crippen molar-refractivity contribution in [1.82, 2.24) is 10.4 Å². The maximum Gasteiger partial charge on any atom is 0.277 e. The van der Waals surface area contributed by atoms with Crippen molar-refractivity contribution in [2.24, 2.45) is 5.84 Å². The van der Waals surface area contributed by atoms with Gasteiger partial charge in [0.05, 0.1) is 10.6 Å². The summed E-state index contributed by atoms with van der Waals surface area (Å²) in [5.74, 6) is 5.43. The Morgan fingerprint density at radius 3 is 2.94 bits per heavy atom. The molecule has 0 unspecified atom stereocenters. The molecule has 1 amide bonds. The highest BCUT2D eigenvalue weighted by Crippen LogP contribution is 2.44. The van der Waals surface area contributed by atoms with Crippen molar-refractivity contribution in [2.75, 3.05) is 0 Å². The predicted molar refractivity (Wildman–Crippen MR) is 69.1 cm³/mol. The molecule has 17 heavy (non-hydrogen) atoms. The predicted octanol–water partition coefficient (Wildman–Crippen LogP) is 2.35. The van der Waals surface area contributed by atoms with E-state index in [-0.39, 0.29) is 5.91 Å². The topological polar surface area (TPSA) is 68.0 Å². The first-order valence-electron chi connectivity index (χ1n) is 5.35. The third-order valence-electron chi connectivity index (χ3n) is 2.69. The van der Waals surface area contributed by atoms with Gasteiger partial charge in [0.25, 0.3) is 5.91 Å². The highest BCUT2D eigenvalue weighted by Gasteiger charge is 2.32. The molecule has 3 N–H and O–H groups in total. The number of carbonyl (C=O) groups is 1. The van der Waals surface area contributed by atoms with E-state index in [2.05, 4.69) is 10.4 Å². The van der Waals surface area contributed by atoms with E-state index in [0.29, 0.717) is 10.8 Å². The molecule has 0 aliphatic heterocycles. The van der Waals surface area contributed by atoms with Crippen LogP contribution in [0.15, 0.2) is 17.5 Å². The summed E-state index contributed by atoms with van der Waals surface area (Å²) in [6, 6.07) is 4.01. The van der Waals surface area contributed by atoms with Crippen molar-refractivity contribution in [3.63, 3.8) is 0 Å². The van der Waals surface area contributed by atoms with Gasteiger partial charge in [-0.25, -0.2) is 10.8 Å². The van der Waals surface area contributed by atoms with Crippen molar-refractivity contribution in [3.05, 3.63) is 28.1 Å². The number of rotatable bonds is 3. The van der Waals surface area contributed by atoms with Crippen LogP contribution in [0.2, 0.25) is 0 Å². The average Bonchev–Trinajstić information content (AvgIpc) is 2.90. The summed E-state index contributed by atoms with van der Waals surface area (Å²) in [7, 11) is 0. The van der Waals surface area contributed by atoms with Gasteiger partial charge in [-0.05, 0) is 24.3 Å². The maximum absolute atomic E-state index is 11.7. The molecule has 1 fully saturated rings. The molecule has 0 saturated heterocycles. The van der Waals surface area contributed by atoms with Gasteiger partial charge in [-0.1, -0.05) is 6.07 Å². The lowest BCUT2D eigenvalue weighted by Crippen LogP contribution is -2.29. The number of carbonyl (C=O) groups excluding carboxylic acids is 1. The molecule has 88 valence electrons. The molecule has 1 saturated carbocycles. The second kappa shape index (κ2) is 4.21. The lowest BCUT2D eigenvalue weighted by Gasteiger charge is -1.97. The second-order valence-corrected chi connectivity index (χ2v) is 5.91. The lowest BCUT2D eigenvalue weighted by atomic mass is 10.2. The molecule has 0 spiro atoms. The van der Waals surface area contributed by atoms with Gasteiger partial charge in [-0.15, -0.1) is 22.7 Å². The number of thiazole rings is 1. The van der Waals surface area contributed by atoms with Gasteiger partial charge in [0.2, 0.25) is 0 Å². The fourth-order valence-electron chi connectivity index (χ4n) is 1.70. The Hall–Kier alpha value is -1.24. The molecule has 2 aromatic rings. The van der Waals surface area contributed by atoms with Crippen LogP contribution in [0.25, 0.3) is 9.88 Å². The molecule has 2 aromatic heterocycles. The summed E-state index contributed by atoms with van der Waals surface area (Å²) < 4.78 is 0. The summed E-state index contributed by atoms with van der Waals surface area (Å²) in [4.78, 5) is 18.1. The van der Waals surface area contributed by atoms with Crippen LogP contribution < -0.4 is 11.3 Å². The monoisotopic (exact) mass is 265 g/mol. The van der Waals surface area contributed by atoms with E-state index >= 15 is 0 Å². The Morgan fingerprint density at radius 1 is 1.53 bits per heavy atom. The molecule has 1 aliphatic rings. The smallest absolute Gasteiger partial charge is 0.277 e. The lowest BCUT2D eigenvalue weighted by molar-refractivity contribution is 0.0956. The van der Waals surface area contributed by atoms with Crippen LogP contribution in [0, 0.1) is 0 Å². The van der Waals surface area contributed by atoms with Gasteiger partial charge in [0.15, 0.2) is 0 Å². The number of nitrogens with zero attached hydrogens (tertiary/aromatic N) is 1. The maximum atomic E-state index is 11.7. The third kappa shape index (κ3) is 1.99. The molecule has 2 heterocycles. The molecular weight excluding hydrogens is 254 g/mol. The van der Waals surface area contributed by atoms with Crippen molar-refractivity contribution < 1.29 is 4.79 Å². The Bertz CT molecular complexity index is 543. The standard InChI is InChI=1S/C11H11N3OS2/c12-14-10(15)9-8(6-3-4-6)13-11(17-9)7-2-1-5-16-7/h1-2,5-6H,3-4,12H2,(H,14,15). The molecule has 0 radical (unpaired) electrons. The van der Waals surface area contributed by atoms with Gasteiger partial charge in [-0.3, -0.25) is 10.2 Å². The molecule has 0 bridgehead atoms. The number of thiophene rings is 1. The normalized spacial score (nSPS) is 14.9. The molecule has 3 rings (SSSR count). The van der Waals surface area contributed by atoms with E-state index in [4.69, 9.17) is 5.84 Å². The molecular formula is C11H11N3OS2. The summed E-state index contributed by atoms with van der Waals surface area (Å²) in [6.45, 7) is 0. The summed E-state index contributed by atoms with van der Waals surface area (Å²) >= 11 is 3.06. The van der Waals surface area contributed by atoms with E-state index in [0.717, 1.165) is 28.4 Å². The highest BCUT2D eigenvalue weighted by molar-refractivity contribution is 7.22. The first kappa shape index (κ1) is 10.9. The van der Waals surface area contributed by atoms with Crippen LogP contribution in [0.5, 0.6) is 0 Å². The van der Waals surface area contributed by atoms with E-state index < -0.39 is 0 Å². The molecule has 0 atom stereocenters. The van der Waals surface area contributed by atoms with Gasteiger partial charge >= 0.3 is 0 Å². The molecule has 6 heteroatoms. The van der Waals surface area contributed by atoms with E-state index in [1.165, 1.54) is 11.3 Å². The molecule has 4 nitrogen and oxygen atoms in total. The minimum Gasteiger partial charge on any atom is -0.289 e. The third-order valence-corrected chi connectivity index (χ3v) is 4.80. The minimum atomic E-state index is -0.229. The van der Waals surface area contributed by atoms with Crippen LogP contribution in [-0.4, -0.2) is 10.9 Å². The average molecular weight is 265 g/mol. The number of hydrogen-bond donors (Lipinski definition) is 2. The second-order valence-electron chi connectivity index (χ2n) is 3.96. The van der Waals surface area contributed by atoms with Crippen molar-refractivity contribution in [1.29, 1.82) is 0 Å². The van der Waals surface area contributed by atoms with Crippen molar-refractivity contribution in [3.8, 4) is 9.88 Å². The van der Waals surface area contributed by atoms with Gasteiger partial charge in [-0.2, -0.15) is 0 Å². The first-order valence-corrected chi connectivity index (χ1v) is 7.04. The van der Waals surface area contributed by atoms with Crippen LogP contribution in [-0.2, 0) is 0 Å². The van der Waals surface area contributed by atoms with Crippen molar-refractivity contribution >= 4 is 28.6 Å². The van der Waals surface area contributed by atoms with Gasteiger partial charge in [0.1, 0.15) is 9.88 Å². The number of nitrogens with two attached hydrogens (primary N) is 1. The Balaban J connectivity index is 2.04. The minimum absolute atomic E-state index is 0.229. The number of nitrogen functional groups attached to an aromatic ring is 1. The molecule has 0 aromatic carbocycles. The fraction of sp³-hybridized carbons (Fsp3) is 0.273. The number of hydrogen-bond acceptors (Lipinski definition) is 5. The van der Waals surface area contributed by atoms with E-state index in [1.54, 1.807) is 11.3 Å². The Morgan fingerprint density at radius 2 is 2.35 bits per heavy atom. The number of amides is 1. The zero-order valence-electron chi connectivity index (χ0n) is 8.97. The molecule has 1 aliphatic carbocycles. The number of hydrazine groups is 1. The van der Waals surface area contributed by atoms with Crippen LogP contribution in [0.4, 0.5) is 0 Å². The van der Waals surface area contributed by atoms with Gasteiger partial charge in [0, 0.05) is 5.92 Å². The fourth-order valence-corrected chi connectivity index (χ4v) is 3.55. The largest absolute Gasteiger partial charge is 0.289 e. The van der Waals surface area contributed by atoms with Gasteiger partial charge < -0.3 is 0 Å². The zero-order chi connectivity index (χ0) is 11.8. The number of aromatic nitrogens is 1. The summed E-state index contributed by atoms with van der Waals surface area (Å²) in [5.41, 5.74) is 3.12. The highest BCUT2D eigenvalue weighted by atomic mass is 32.1. The van der Waals surface area contributed by atoms with E-state index in [1.807, 2.05) is 17.5 Å². The van der Waals surface area contributed by atoms with Crippen molar-refractivity contribution in [2.45, 2.75) is 18.8 Å². The SMILES string of the molecule is NNC(=O)c1sc(-c2cccs2)nc1C1CC1. The Labute approximate surface area is 106 Å². The quantitative estimate of drug-likeness (QED) is 0.508. The Kier molecular flexibility index (Phi) is 2.70. The van der Waals surface area contributed by atoms with E-state index in [9.17, 15) is 4.79 Å². The van der Waals surface area contributed by atoms with Crippen LogP contribution in [0.1, 0.15) is 34.1 Å². The summed E-state index contributed by atoms with van der Waals surface area (Å²) in [6.07, 6.45) is 2.25. The summed E-state index contributed by atoms with van der Waals surface area (Å²) in [5, 5.41) is 2.93. The number of nitrogens with one attached hydrogen (secondary N) is 1. The van der Waals surface area contributed by atoms with Crippen LogP contribution >= 0.6 is 22.7 Å². The first-order chi connectivity index (χ1) is 8.29. The van der Waals surface area contributed by atoms with Crippen LogP contribution in [0.3, 0.4) is 0 Å². The zero-order valence-corrected chi connectivity index (χ0v) is 10.6.